The van der Waals surface area contributed by atoms with E-state index < -0.39 is 28.4 Å². The molecule has 360 valence electrons. The maximum Gasteiger partial charge on any atom is 0.348 e. The van der Waals surface area contributed by atoms with Gasteiger partial charge in [0.05, 0.1) is 33.8 Å². The third-order valence-electron chi connectivity index (χ3n) is 11.6. The van der Waals surface area contributed by atoms with Crippen LogP contribution in [0, 0.1) is 28.7 Å². The lowest BCUT2D eigenvalue weighted by molar-refractivity contribution is -0.380. The number of thiazole rings is 1. The Morgan fingerprint density at radius 2 is 1.58 bits per heavy atom. The number of rotatable bonds is 17. The van der Waals surface area contributed by atoms with Crippen molar-refractivity contribution in [2.24, 2.45) is 0 Å². The number of hydrogen-bond donors (Lipinski definition) is 7. The Morgan fingerprint density at radius 1 is 0.855 bits per heavy atom. The number of anilines is 6. The van der Waals surface area contributed by atoms with Gasteiger partial charge in [-0.2, -0.15) is 5.10 Å². The number of nitrogens with one attached hydrogen (secondary N) is 7. The molecular weight excluding hydrogens is 915 g/mol. The molecule has 0 aliphatic carbocycles. The number of ether oxygens (including phenoxy) is 1. The fourth-order valence-electron chi connectivity index (χ4n) is 8.25. The Kier molecular flexibility index (Phi) is 15.0. The van der Waals surface area contributed by atoms with E-state index in [9.17, 15) is 38.1 Å². The van der Waals surface area contributed by atoms with Crippen molar-refractivity contribution < 1.29 is 37.6 Å². The Labute approximate surface area is 398 Å². The summed E-state index contributed by atoms with van der Waals surface area (Å²) in [5.74, 6) is -2.48. The first-order valence-corrected chi connectivity index (χ1v) is 23.1. The zero-order valence-electron chi connectivity index (χ0n) is 37.7. The molecule has 0 saturated carbocycles. The Balaban J connectivity index is 0.840. The number of aryl methyl sites for hydroxylation is 1. The number of aromatic amines is 1. The van der Waals surface area contributed by atoms with Crippen LogP contribution < -0.4 is 36.8 Å². The van der Waals surface area contributed by atoms with E-state index in [-0.39, 0.29) is 57.9 Å². The maximum atomic E-state index is 14.0. The highest BCUT2D eigenvalue weighted by molar-refractivity contribution is 7.19. The highest BCUT2D eigenvalue weighted by Gasteiger charge is 2.25. The fraction of sp³-hybridized carbons (Fsp3) is 0.319. The Bertz CT molecular complexity index is 2880. The van der Waals surface area contributed by atoms with Gasteiger partial charge in [0.15, 0.2) is 10.9 Å². The summed E-state index contributed by atoms with van der Waals surface area (Å²) in [5.41, 5.74) is 5.11. The van der Waals surface area contributed by atoms with Gasteiger partial charge in [-0.05, 0) is 109 Å². The predicted molar refractivity (Wildman–Crippen MR) is 259 cm³/mol. The number of hydrogen-bond acceptors (Lipinski definition) is 14. The SMILES string of the molecule is CC(=O)Nc1cc(NCCNC(=O)CN2CCN(c3ccc(C(=O)Nc4n[nH]c5ccc(Cc6cc(F)cc(F)c6)cc45)c(NC4CCOCC4)c3)CC2)ccc1C(=O)Nc1nc(C)c([N+](=O)[O-])s1. The first kappa shape index (κ1) is 47.9. The van der Waals surface area contributed by atoms with Crippen molar-refractivity contribution in [3.05, 3.63) is 122 Å². The van der Waals surface area contributed by atoms with Gasteiger partial charge in [-0.1, -0.05) is 6.07 Å². The van der Waals surface area contributed by atoms with Crippen LogP contribution in [-0.4, -0.2) is 114 Å². The van der Waals surface area contributed by atoms with E-state index in [4.69, 9.17) is 4.74 Å². The quantitative estimate of drug-likeness (QED) is 0.0294. The van der Waals surface area contributed by atoms with E-state index >= 15 is 0 Å². The monoisotopic (exact) mass is 964 g/mol. The molecule has 22 heteroatoms. The number of benzene rings is 4. The molecule has 2 aliphatic rings. The molecular formula is C47H50F2N12O7S. The number of amides is 4. The summed E-state index contributed by atoms with van der Waals surface area (Å²) in [6, 6.07) is 19.5. The minimum absolute atomic E-state index is 0.0561. The van der Waals surface area contributed by atoms with E-state index in [1.54, 1.807) is 18.2 Å². The first-order valence-electron chi connectivity index (χ1n) is 22.3. The van der Waals surface area contributed by atoms with Gasteiger partial charge in [-0.3, -0.25) is 44.6 Å². The number of carbonyl (C=O) groups is 4. The molecule has 2 saturated heterocycles. The lowest BCUT2D eigenvalue weighted by Crippen LogP contribution is -2.49. The second-order valence-electron chi connectivity index (χ2n) is 16.7. The van der Waals surface area contributed by atoms with E-state index in [0.717, 1.165) is 41.5 Å². The summed E-state index contributed by atoms with van der Waals surface area (Å²) in [5, 5.41) is 37.0. The third kappa shape index (κ3) is 12.3. The van der Waals surface area contributed by atoms with Crippen LogP contribution in [0.15, 0.2) is 72.8 Å². The average molecular weight is 965 g/mol. The molecule has 19 nitrogen and oxygen atoms in total. The third-order valence-corrected chi connectivity index (χ3v) is 12.7. The topological polar surface area (TPSA) is 241 Å². The van der Waals surface area contributed by atoms with Gasteiger partial charge in [0.25, 0.3) is 11.8 Å². The van der Waals surface area contributed by atoms with E-state index in [2.05, 4.69) is 56.9 Å². The lowest BCUT2D eigenvalue weighted by atomic mass is 10.0. The van der Waals surface area contributed by atoms with Crippen LogP contribution in [0.2, 0.25) is 0 Å². The Morgan fingerprint density at radius 3 is 2.30 bits per heavy atom. The van der Waals surface area contributed by atoms with Gasteiger partial charge >= 0.3 is 5.00 Å². The van der Waals surface area contributed by atoms with Crippen molar-refractivity contribution in [2.45, 2.75) is 39.2 Å². The number of carbonyl (C=O) groups excluding carboxylic acids is 4. The molecule has 4 heterocycles. The average Bonchev–Trinajstić information content (AvgIpc) is 3.89. The van der Waals surface area contributed by atoms with Crippen molar-refractivity contribution in [3.63, 3.8) is 0 Å². The molecule has 0 unspecified atom stereocenters. The molecule has 2 aliphatic heterocycles. The number of nitrogens with zero attached hydrogens (tertiary/aromatic N) is 5. The molecule has 0 atom stereocenters. The van der Waals surface area contributed by atoms with Gasteiger partial charge in [0.1, 0.15) is 17.3 Å². The van der Waals surface area contributed by atoms with Gasteiger partial charge in [0.2, 0.25) is 11.8 Å². The molecule has 69 heavy (non-hydrogen) atoms. The number of H-pyrrole nitrogens is 1. The van der Waals surface area contributed by atoms with Crippen LogP contribution in [0.4, 0.5) is 47.5 Å². The van der Waals surface area contributed by atoms with Gasteiger partial charge in [0, 0.05) is 94.0 Å². The summed E-state index contributed by atoms with van der Waals surface area (Å²) in [7, 11) is 0. The zero-order chi connectivity index (χ0) is 48.6. The molecule has 4 amide bonds. The Hall–Kier alpha value is -7.56. The number of nitro groups is 1. The highest BCUT2D eigenvalue weighted by Crippen LogP contribution is 2.32. The summed E-state index contributed by atoms with van der Waals surface area (Å²) < 4.78 is 33.4. The van der Waals surface area contributed by atoms with Crippen molar-refractivity contribution in [1.82, 2.24) is 25.4 Å². The summed E-state index contributed by atoms with van der Waals surface area (Å²) in [4.78, 5) is 71.1. The van der Waals surface area contributed by atoms with Crippen LogP contribution >= 0.6 is 11.3 Å². The van der Waals surface area contributed by atoms with E-state index in [1.165, 1.54) is 32.0 Å². The van der Waals surface area contributed by atoms with Crippen molar-refractivity contribution >= 4 is 84.6 Å². The van der Waals surface area contributed by atoms with Gasteiger partial charge in [-0.25, -0.2) is 13.8 Å². The van der Waals surface area contributed by atoms with Crippen molar-refractivity contribution in [1.29, 1.82) is 0 Å². The number of piperazine rings is 1. The molecule has 4 aromatic carbocycles. The second kappa shape index (κ2) is 21.6. The second-order valence-corrected chi connectivity index (χ2v) is 17.7. The zero-order valence-corrected chi connectivity index (χ0v) is 38.6. The molecule has 6 aromatic rings. The van der Waals surface area contributed by atoms with Crippen LogP contribution in [0.1, 0.15) is 57.3 Å². The fourth-order valence-corrected chi connectivity index (χ4v) is 9.03. The maximum absolute atomic E-state index is 14.0. The van der Waals surface area contributed by atoms with Crippen LogP contribution in [0.3, 0.4) is 0 Å². The van der Waals surface area contributed by atoms with Gasteiger partial charge < -0.3 is 36.2 Å². The number of fused-ring (bicyclic) bond motifs is 1. The molecule has 2 fully saturated rings. The van der Waals surface area contributed by atoms with E-state index in [1.807, 2.05) is 30.3 Å². The van der Waals surface area contributed by atoms with Crippen molar-refractivity contribution in [2.75, 3.05) is 90.5 Å². The predicted octanol–water partition coefficient (Wildman–Crippen LogP) is 6.51. The van der Waals surface area contributed by atoms with Gasteiger partial charge in [-0.15, -0.1) is 0 Å². The summed E-state index contributed by atoms with van der Waals surface area (Å²) in [6.45, 7) is 7.42. The molecule has 0 spiro atoms. The summed E-state index contributed by atoms with van der Waals surface area (Å²) in [6.07, 6.45) is 1.85. The lowest BCUT2D eigenvalue weighted by Gasteiger charge is -2.36. The van der Waals surface area contributed by atoms with Crippen LogP contribution in [0.5, 0.6) is 0 Å². The molecule has 8 rings (SSSR count). The molecule has 2 aromatic heterocycles. The minimum Gasteiger partial charge on any atom is -0.383 e. The summed E-state index contributed by atoms with van der Waals surface area (Å²) >= 11 is 0.736. The highest BCUT2D eigenvalue weighted by atomic mass is 32.1. The molecule has 0 radical (unpaired) electrons. The standard InChI is InChI=1S/C47H50F2N12O7S/c1-27-46(61(66)67)69-47(52-27)56-45(65)36-6-4-34(24-40(36)53-28(2)62)50-11-12-51-42(63)26-59-13-15-60(16-14-59)35-5-7-37(41(25-35)54-33-9-17-68-18-10-33)44(64)55-43-38-22-29(3-8-39(38)57-58-43)19-30-20-31(48)23-32(49)21-30/h3-8,20-25,33,50,54H,9-19,26H2,1-2H3,(H,51,63)(H,53,62)(H,52,56,65)(H2,55,57,58,64). The van der Waals surface area contributed by atoms with Crippen molar-refractivity contribution in [3.8, 4) is 0 Å². The van der Waals surface area contributed by atoms with E-state index in [0.29, 0.717) is 91.7 Å². The molecule has 0 bridgehead atoms. The molecule has 7 N–H and O–H groups in total. The van der Waals surface area contributed by atoms with Crippen LogP contribution in [0.25, 0.3) is 10.9 Å². The normalized spacial score (nSPS) is 14.3. The number of aromatic nitrogens is 3. The largest absolute Gasteiger partial charge is 0.383 e. The minimum atomic E-state index is -0.650. The first-order chi connectivity index (χ1) is 33.2. The van der Waals surface area contributed by atoms with Crippen LogP contribution in [-0.2, 0) is 20.7 Å². The number of halogens is 2. The smallest absolute Gasteiger partial charge is 0.348 e.